The van der Waals surface area contributed by atoms with Gasteiger partial charge in [-0.1, -0.05) is 6.07 Å². The van der Waals surface area contributed by atoms with E-state index in [4.69, 9.17) is 0 Å². The van der Waals surface area contributed by atoms with Crippen LogP contribution in [0, 0.1) is 17.6 Å². The van der Waals surface area contributed by atoms with Gasteiger partial charge in [0.15, 0.2) is 0 Å². The average Bonchev–Trinajstić information content (AvgIpc) is 2.46. The Labute approximate surface area is 136 Å². The maximum Gasteiger partial charge on any atom is 0.226 e. The molecule has 1 aliphatic heterocycles. The molecular formula is C16H23ClF2N2O. The third kappa shape index (κ3) is 4.40. The molecule has 0 unspecified atom stereocenters. The smallest absolute Gasteiger partial charge is 0.226 e. The summed E-state index contributed by atoms with van der Waals surface area (Å²) in [5, 5.41) is 3.30. The van der Waals surface area contributed by atoms with Crippen molar-refractivity contribution in [2.45, 2.75) is 39.3 Å². The van der Waals surface area contributed by atoms with Gasteiger partial charge in [-0.15, -0.1) is 12.4 Å². The lowest BCUT2D eigenvalue weighted by Crippen LogP contribution is -2.44. The van der Waals surface area contributed by atoms with Crippen LogP contribution in [0.2, 0.25) is 0 Å². The summed E-state index contributed by atoms with van der Waals surface area (Å²) in [6.07, 6.45) is 1.55. The molecule has 1 aliphatic rings. The van der Waals surface area contributed by atoms with Crippen LogP contribution in [0.25, 0.3) is 0 Å². The number of hydrogen-bond acceptors (Lipinski definition) is 2. The van der Waals surface area contributed by atoms with Crippen molar-refractivity contribution in [1.29, 1.82) is 0 Å². The van der Waals surface area contributed by atoms with Crippen LogP contribution in [0.1, 0.15) is 32.3 Å². The van der Waals surface area contributed by atoms with Gasteiger partial charge in [-0.05, 0) is 45.4 Å². The molecule has 0 spiro atoms. The van der Waals surface area contributed by atoms with Crippen molar-refractivity contribution in [2.75, 3.05) is 13.1 Å². The van der Waals surface area contributed by atoms with Crippen molar-refractivity contribution in [3.05, 3.63) is 35.4 Å². The Bertz CT molecular complexity index is 493. The van der Waals surface area contributed by atoms with Crippen LogP contribution in [0.3, 0.4) is 0 Å². The lowest BCUT2D eigenvalue weighted by atomic mass is 9.92. The average molecular weight is 333 g/mol. The summed E-state index contributed by atoms with van der Waals surface area (Å²) in [5.74, 6) is -1.26. The lowest BCUT2D eigenvalue weighted by Gasteiger charge is -2.31. The molecule has 0 bridgehead atoms. The van der Waals surface area contributed by atoms with E-state index in [0.717, 1.165) is 19.4 Å². The number of nitrogens with zero attached hydrogens (tertiary/aromatic N) is 1. The van der Waals surface area contributed by atoms with Gasteiger partial charge in [0.25, 0.3) is 0 Å². The predicted octanol–water partition coefficient (Wildman–Crippen LogP) is 3.12. The van der Waals surface area contributed by atoms with E-state index >= 15 is 0 Å². The summed E-state index contributed by atoms with van der Waals surface area (Å²) in [4.78, 5) is 14.1. The first-order valence-electron chi connectivity index (χ1n) is 7.48. The fraction of sp³-hybridized carbons (Fsp3) is 0.562. The molecule has 1 heterocycles. The topological polar surface area (TPSA) is 32.3 Å². The molecule has 6 heteroatoms. The highest BCUT2D eigenvalue weighted by Gasteiger charge is 2.28. The van der Waals surface area contributed by atoms with Gasteiger partial charge in [0.1, 0.15) is 11.6 Å². The zero-order chi connectivity index (χ0) is 15.4. The van der Waals surface area contributed by atoms with E-state index in [1.165, 1.54) is 18.2 Å². The Morgan fingerprint density at radius 1 is 1.36 bits per heavy atom. The SMILES string of the molecule is CCN(Cc1c(F)cccc1F)C(=O)[C@H]1CCN[C@@H](C)C1.Cl. The molecular weight excluding hydrogens is 310 g/mol. The van der Waals surface area contributed by atoms with Crippen molar-refractivity contribution in [3.8, 4) is 0 Å². The molecule has 2 rings (SSSR count). The number of piperidine rings is 1. The second kappa shape index (κ2) is 8.44. The molecule has 0 aromatic heterocycles. The van der Waals surface area contributed by atoms with E-state index in [1.807, 2.05) is 13.8 Å². The van der Waals surface area contributed by atoms with E-state index in [-0.39, 0.29) is 36.3 Å². The molecule has 1 N–H and O–H groups in total. The third-order valence-corrected chi connectivity index (χ3v) is 4.08. The lowest BCUT2D eigenvalue weighted by molar-refractivity contribution is -0.137. The summed E-state index contributed by atoms with van der Waals surface area (Å²) in [6, 6.07) is 4.09. The fourth-order valence-electron chi connectivity index (χ4n) is 2.83. The number of hydrogen-bond donors (Lipinski definition) is 1. The summed E-state index contributed by atoms with van der Waals surface area (Å²) in [7, 11) is 0. The van der Waals surface area contributed by atoms with Gasteiger partial charge < -0.3 is 10.2 Å². The quantitative estimate of drug-likeness (QED) is 0.918. The molecule has 3 nitrogen and oxygen atoms in total. The van der Waals surface area contributed by atoms with Crippen molar-refractivity contribution < 1.29 is 13.6 Å². The first-order valence-corrected chi connectivity index (χ1v) is 7.48. The number of halogens is 3. The Kier molecular flexibility index (Phi) is 7.23. The van der Waals surface area contributed by atoms with Gasteiger partial charge >= 0.3 is 0 Å². The summed E-state index contributed by atoms with van der Waals surface area (Å²) in [5.41, 5.74) is -0.0327. The molecule has 1 aromatic carbocycles. The summed E-state index contributed by atoms with van der Waals surface area (Å²) >= 11 is 0. The summed E-state index contributed by atoms with van der Waals surface area (Å²) in [6.45, 7) is 5.13. The van der Waals surface area contributed by atoms with Crippen LogP contribution >= 0.6 is 12.4 Å². The van der Waals surface area contributed by atoms with E-state index in [1.54, 1.807) is 4.90 Å². The molecule has 0 aliphatic carbocycles. The molecule has 0 saturated carbocycles. The van der Waals surface area contributed by atoms with Crippen LogP contribution in [0.15, 0.2) is 18.2 Å². The maximum absolute atomic E-state index is 13.7. The zero-order valence-corrected chi connectivity index (χ0v) is 13.8. The second-order valence-electron chi connectivity index (χ2n) is 5.63. The van der Waals surface area contributed by atoms with Crippen molar-refractivity contribution >= 4 is 18.3 Å². The maximum atomic E-state index is 13.7. The molecule has 2 atom stereocenters. The summed E-state index contributed by atoms with van der Waals surface area (Å²) < 4.78 is 27.5. The van der Waals surface area contributed by atoms with Crippen molar-refractivity contribution in [2.24, 2.45) is 5.92 Å². The minimum Gasteiger partial charge on any atom is -0.338 e. The van der Waals surface area contributed by atoms with Crippen LogP contribution in [0.5, 0.6) is 0 Å². The van der Waals surface area contributed by atoms with Gasteiger partial charge in [-0.3, -0.25) is 4.79 Å². The zero-order valence-electron chi connectivity index (χ0n) is 12.9. The molecule has 0 radical (unpaired) electrons. The Balaban J connectivity index is 0.00000242. The minimum atomic E-state index is -0.597. The Morgan fingerprint density at radius 2 is 2.00 bits per heavy atom. The number of nitrogens with one attached hydrogen (secondary N) is 1. The molecule has 1 saturated heterocycles. The van der Waals surface area contributed by atoms with Crippen LogP contribution < -0.4 is 5.32 Å². The number of carbonyl (C=O) groups excluding carboxylic acids is 1. The molecule has 1 amide bonds. The van der Waals surface area contributed by atoms with E-state index in [0.29, 0.717) is 12.6 Å². The van der Waals surface area contributed by atoms with E-state index in [2.05, 4.69) is 5.32 Å². The highest BCUT2D eigenvalue weighted by molar-refractivity contribution is 5.85. The van der Waals surface area contributed by atoms with E-state index < -0.39 is 11.6 Å². The largest absolute Gasteiger partial charge is 0.338 e. The molecule has 1 aromatic rings. The Morgan fingerprint density at radius 3 is 2.55 bits per heavy atom. The minimum absolute atomic E-state index is 0. The van der Waals surface area contributed by atoms with Gasteiger partial charge in [-0.2, -0.15) is 0 Å². The molecule has 124 valence electrons. The molecule has 1 fully saturated rings. The normalized spacial score (nSPS) is 21.1. The van der Waals surface area contributed by atoms with Crippen LogP contribution in [-0.2, 0) is 11.3 Å². The van der Waals surface area contributed by atoms with E-state index in [9.17, 15) is 13.6 Å². The van der Waals surface area contributed by atoms with Crippen molar-refractivity contribution in [1.82, 2.24) is 10.2 Å². The first kappa shape index (κ1) is 18.8. The third-order valence-electron chi connectivity index (χ3n) is 4.08. The monoisotopic (exact) mass is 332 g/mol. The molecule has 22 heavy (non-hydrogen) atoms. The highest BCUT2D eigenvalue weighted by atomic mass is 35.5. The van der Waals surface area contributed by atoms with Crippen LogP contribution in [-0.4, -0.2) is 29.9 Å². The van der Waals surface area contributed by atoms with Gasteiger partial charge in [0.2, 0.25) is 5.91 Å². The predicted molar refractivity (Wildman–Crippen MR) is 84.9 cm³/mol. The Hall–Kier alpha value is -1.20. The number of rotatable bonds is 4. The van der Waals surface area contributed by atoms with Gasteiger partial charge in [0.05, 0.1) is 6.54 Å². The van der Waals surface area contributed by atoms with Gasteiger partial charge in [0, 0.05) is 24.1 Å². The van der Waals surface area contributed by atoms with Crippen LogP contribution in [0.4, 0.5) is 8.78 Å². The van der Waals surface area contributed by atoms with Gasteiger partial charge in [-0.25, -0.2) is 8.78 Å². The number of carbonyl (C=O) groups is 1. The highest BCUT2D eigenvalue weighted by Crippen LogP contribution is 2.21. The fourth-order valence-corrected chi connectivity index (χ4v) is 2.83. The van der Waals surface area contributed by atoms with Crippen molar-refractivity contribution in [3.63, 3.8) is 0 Å². The number of amides is 1. The second-order valence-corrected chi connectivity index (χ2v) is 5.63. The number of benzene rings is 1. The first-order chi connectivity index (χ1) is 10.0. The standard InChI is InChI=1S/C16H22F2N2O.ClH/c1-3-20(10-13-14(17)5-4-6-15(13)18)16(21)12-7-8-19-11(2)9-12;/h4-6,11-12,19H,3,7-10H2,1-2H3;1H/t11-,12-;/m0./s1.